The van der Waals surface area contributed by atoms with E-state index in [9.17, 15) is 10.2 Å². The van der Waals surface area contributed by atoms with Crippen LogP contribution in [0, 0.1) is 0 Å². The number of hydrogen-bond acceptors (Lipinski definition) is 4. The third kappa shape index (κ3) is 1.86. The van der Waals surface area contributed by atoms with E-state index in [4.69, 9.17) is 0 Å². The zero-order valence-electron chi connectivity index (χ0n) is 9.43. The van der Waals surface area contributed by atoms with Crippen molar-refractivity contribution in [3.05, 3.63) is 54.4 Å². The lowest BCUT2D eigenvalue weighted by Gasteiger charge is -2.02. The first-order valence-electron chi connectivity index (χ1n) is 5.53. The fraction of sp³-hybridized carbons (Fsp3) is 0.0769. The summed E-state index contributed by atoms with van der Waals surface area (Å²) in [6, 6.07) is 4.29. The fourth-order valence-electron chi connectivity index (χ4n) is 1.90. The second kappa shape index (κ2) is 4.03. The van der Waals surface area contributed by atoms with E-state index >= 15 is 0 Å². The molecule has 90 valence electrons. The Morgan fingerprint density at radius 3 is 2.33 bits per heavy atom. The second-order valence-corrected chi connectivity index (χ2v) is 4.09. The Bertz CT molecular complexity index is 611. The maximum Gasteiger partial charge on any atom is 0.121 e. The van der Waals surface area contributed by atoms with Gasteiger partial charge in [-0.05, 0) is 0 Å². The highest BCUT2D eigenvalue weighted by molar-refractivity contribution is 5.45. The van der Waals surface area contributed by atoms with Crippen molar-refractivity contribution in [2.75, 3.05) is 0 Å². The molecule has 0 amide bonds. The smallest absolute Gasteiger partial charge is 0.121 e. The Labute approximate surface area is 103 Å². The number of allylic oxidation sites excluding steroid dienone is 4. The first-order chi connectivity index (χ1) is 8.72. The maximum absolute atomic E-state index is 9.43. The van der Waals surface area contributed by atoms with Crippen LogP contribution in [0.4, 0.5) is 0 Å². The molecule has 1 heterocycles. The van der Waals surface area contributed by atoms with Gasteiger partial charge < -0.3 is 10.2 Å². The first kappa shape index (κ1) is 10.6. The monoisotopic (exact) mass is 241 g/mol. The summed E-state index contributed by atoms with van der Waals surface area (Å²) in [4.78, 5) is 0. The number of nitrogens with zero attached hydrogens (tertiary/aromatic N) is 3. The average molecular weight is 241 g/mol. The molecule has 0 atom stereocenters. The van der Waals surface area contributed by atoms with E-state index in [0.29, 0.717) is 5.69 Å². The molecule has 1 aliphatic rings. The summed E-state index contributed by atoms with van der Waals surface area (Å²) >= 11 is 0. The predicted octanol–water partition coefficient (Wildman–Crippen LogP) is 1.89. The highest BCUT2D eigenvalue weighted by Gasteiger charge is 2.12. The molecule has 0 fully saturated rings. The third-order valence-electron chi connectivity index (χ3n) is 2.75. The molecule has 2 aromatic rings. The van der Waals surface area contributed by atoms with Crippen molar-refractivity contribution in [1.82, 2.24) is 15.0 Å². The van der Waals surface area contributed by atoms with Crippen LogP contribution in [0.25, 0.3) is 5.69 Å². The van der Waals surface area contributed by atoms with Crippen molar-refractivity contribution in [3.8, 4) is 17.2 Å². The van der Waals surface area contributed by atoms with Crippen LogP contribution < -0.4 is 0 Å². The van der Waals surface area contributed by atoms with Gasteiger partial charge in [0.1, 0.15) is 11.5 Å². The van der Waals surface area contributed by atoms with Gasteiger partial charge in [0, 0.05) is 24.1 Å². The van der Waals surface area contributed by atoms with Crippen LogP contribution in [0.1, 0.15) is 11.6 Å². The van der Waals surface area contributed by atoms with E-state index in [-0.39, 0.29) is 17.4 Å². The Morgan fingerprint density at radius 1 is 1.00 bits per heavy atom. The standard InChI is InChI=1S/C13H11N3O2/c17-11-5-10(6-12(18)7-11)16-8-13(14-15-16)9-3-1-2-4-9/h1-9,17-18H. The van der Waals surface area contributed by atoms with Gasteiger partial charge in [-0.2, -0.15) is 0 Å². The van der Waals surface area contributed by atoms with Gasteiger partial charge in [0.2, 0.25) is 0 Å². The minimum atomic E-state index is -0.0114. The van der Waals surface area contributed by atoms with Crippen LogP contribution in [0.5, 0.6) is 11.5 Å². The number of rotatable bonds is 2. The molecule has 1 aromatic heterocycles. The molecular formula is C13H11N3O2. The zero-order chi connectivity index (χ0) is 12.5. The highest BCUT2D eigenvalue weighted by Crippen LogP contribution is 2.25. The summed E-state index contributed by atoms with van der Waals surface area (Å²) in [6.07, 6.45) is 9.75. The summed E-state index contributed by atoms with van der Waals surface area (Å²) in [6.45, 7) is 0. The molecule has 0 unspecified atom stereocenters. The van der Waals surface area contributed by atoms with Gasteiger partial charge in [-0.25, -0.2) is 4.68 Å². The van der Waals surface area contributed by atoms with Crippen LogP contribution in [0.3, 0.4) is 0 Å². The lowest BCUT2D eigenvalue weighted by atomic mass is 10.1. The highest BCUT2D eigenvalue weighted by atomic mass is 16.3. The summed E-state index contributed by atoms with van der Waals surface area (Å²) in [5.41, 5.74) is 1.39. The SMILES string of the molecule is Oc1cc(O)cc(-n2cc(C3C=CC=C3)nn2)c1. The Kier molecular flexibility index (Phi) is 2.37. The summed E-state index contributed by atoms with van der Waals surface area (Å²) < 4.78 is 1.52. The Hall–Kier alpha value is -2.56. The third-order valence-corrected chi connectivity index (χ3v) is 2.75. The molecule has 5 heteroatoms. The molecule has 18 heavy (non-hydrogen) atoms. The molecular weight excluding hydrogens is 230 g/mol. The van der Waals surface area contributed by atoms with E-state index in [1.54, 1.807) is 6.20 Å². The van der Waals surface area contributed by atoms with Crippen LogP contribution >= 0.6 is 0 Å². The van der Waals surface area contributed by atoms with Crippen LogP contribution in [0.2, 0.25) is 0 Å². The number of aromatic nitrogens is 3. The van der Waals surface area contributed by atoms with Crippen LogP contribution in [-0.4, -0.2) is 25.2 Å². The summed E-state index contributed by atoms with van der Waals surface area (Å²) in [5, 5.41) is 26.9. The lowest BCUT2D eigenvalue weighted by Crippen LogP contribution is -1.94. The lowest BCUT2D eigenvalue weighted by molar-refractivity contribution is 0.449. The number of phenolic OH excluding ortho intramolecular Hbond substituents is 2. The van der Waals surface area contributed by atoms with Gasteiger partial charge in [0.25, 0.3) is 0 Å². The van der Waals surface area contributed by atoms with Crippen LogP contribution in [0.15, 0.2) is 48.7 Å². The van der Waals surface area contributed by atoms with E-state index < -0.39 is 0 Å². The van der Waals surface area contributed by atoms with Crippen molar-refractivity contribution < 1.29 is 10.2 Å². The molecule has 0 bridgehead atoms. The van der Waals surface area contributed by atoms with Gasteiger partial charge in [0.05, 0.1) is 17.6 Å². The predicted molar refractivity (Wildman–Crippen MR) is 65.7 cm³/mol. The minimum Gasteiger partial charge on any atom is -0.508 e. The number of benzene rings is 1. The fourth-order valence-corrected chi connectivity index (χ4v) is 1.90. The zero-order valence-corrected chi connectivity index (χ0v) is 9.43. The molecule has 1 aliphatic carbocycles. The number of aromatic hydroxyl groups is 2. The molecule has 1 aromatic carbocycles. The van der Waals surface area contributed by atoms with Crippen molar-refractivity contribution in [2.45, 2.75) is 5.92 Å². The summed E-state index contributed by atoms with van der Waals surface area (Å²) in [7, 11) is 0. The second-order valence-electron chi connectivity index (χ2n) is 4.09. The molecule has 2 N–H and O–H groups in total. The Balaban J connectivity index is 1.97. The van der Waals surface area contributed by atoms with Gasteiger partial charge in [-0.15, -0.1) is 5.10 Å². The van der Waals surface area contributed by atoms with Crippen molar-refractivity contribution in [2.24, 2.45) is 0 Å². The molecule has 0 spiro atoms. The first-order valence-corrected chi connectivity index (χ1v) is 5.53. The van der Waals surface area contributed by atoms with Gasteiger partial charge in [-0.1, -0.05) is 29.5 Å². The van der Waals surface area contributed by atoms with E-state index in [0.717, 1.165) is 5.69 Å². The number of hydrogen-bond donors (Lipinski definition) is 2. The topological polar surface area (TPSA) is 71.2 Å². The quantitative estimate of drug-likeness (QED) is 0.842. The summed E-state index contributed by atoms with van der Waals surface area (Å²) in [5.74, 6) is 0.120. The van der Waals surface area contributed by atoms with Crippen molar-refractivity contribution in [3.63, 3.8) is 0 Å². The van der Waals surface area contributed by atoms with E-state index in [2.05, 4.69) is 10.3 Å². The van der Waals surface area contributed by atoms with E-state index in [1.165, 1.54) is 22.9 Å². The number of phenols is 2. The van der Waals surface area contributed by atoms with Crippen molar-refractivity contribution >= 4 is 0 Å². The Morgan fingerprint density at radius 2 is 1.67 bits per heavy atom. The normalized spacial score (nSPS) is 14.4. The maximum atomic E-state index is 9.43. The molecule has 0 saturated heterocycles. The van der Waals surface area contributed by atoms with Crippen molar-refractivity contribution in [1.29, 1.82) is 0 Å². The molecule has 0 radical (unpaired) electrons. The van der Waals surface area contributed by atoms with Crippen LogP contribution in [-0.2, 0) is 0 Å². The van der Waals surface area contributed by atoms with Gasteiger partial charge >= 0.3 is 0 Å². The molecule has 3 rings (SSSR count). The molecule has 0 aliphatic heterocycles. The molecule has 5 nitrogen and oxygen atoms in total. The average Bonchev–Trinajstić information content (AvgIpc) is 2.99. The van der Waals surface area contributed by atoms with Gasteiger partial charge in [0.15, 0.2) is 0 Å². The molecule has 0 saturated carbocycles. The largest absolute Gasteiger partial charge is 0.508 e. The van der Waals surface area contributed by atoms with Gasteiger partial charge in [-0.3, -0.25) is 0 Å². The minimum absolute atomic E-state index is 0.0114. The van der Waals surface area contributed by atoms with E-state index in [1.807, 2.05) is 24.3 Å².